The summed E-state index contributed by atoms with van der Waals surface area (Å²) in [6.45, 7) is 1.24. The highest BCUT2D eigenvalue weighted by atomic mass is 32.2. The van der Waals surface area contributed by atoms with E-state index in [1.54, 1.807) is 42.3 Å². The smallest absolute Gasteiger partial charge is 0.243 e. The van der Waals surface area contributed by atoms with Gasteiger partial charge in [0.15, 0.2) is 0 Å². The molecule has 6 nitrogen and oxygen atoms in total. The molecule has 3 aromatic rings. The van der Waals surface area contributed by atoms with Crippen LogP contribution >= 0.6 is 0 Å². The van der Waals surface area contributed by atoms with Gasteiger partial charge in [-0.25, -0.2) is 8.42 Å². The largest absolute Gasteiger partial charge is 0.497 e. The number of benzene rings is 3. The molecule has 32 heavy (non-hydrogen) atoms. The lowest BCUT2D eigenvalue weighted by Crippen LogP contribution is -2.43. The molecule has 1 heterocycles. The van der Waals surface area contributed by atoms with Crippen LogP contribution in [0, 0.1) is 5.92 Å². The molecule has 0 N–H and O–H groups in total. The van der Waals surface area contributed by atoms with E-state index in [2.05, 4.69) is 6.07 Å². The predicted octanol–water partition coefficient (Wildman–Crippen LogP) is 3.91. The lowest BCUT2D eigenvalue weighted by atomic mass is 9.96. The van der Waals surface area contributed by atoms with Gasteiger partial charge in [-0.05, 0) is 59.5 Å². The number of methoxy groups -OCH3 is 1. The zero-order valence-electron chi connectivity index (χ0n) is 18.4. The Balaban J connectivity index is 1.37. The highest BCUT2D eigenvalue weighted by molar-refractivity contribution is 7.89. The third-order valence-corrected chi connectivity index (χ3v) is 8.00. The van der Waals surface area contributed by atoms with E-state index in [0.29, 0.717) is 37.4 Å². The lowest BCUT2D eigenvalue weighted by molar-refractivity contribution is -0.135. The van der Waals surface area contributed by atoms with E-state index >= 15 is 0 Å². The Morgan fingerprint density at radius 3 is 2.34 bits per heavy atom. The SMILES string of the molecule is COc1ccc2cc(CN(C)C(=O)C3CCN(S(=O)(=O)c4ccccc4)CC3)ccc2c1. The van der Waals surface area contributed by atoms with Gasteiger partial charge in [-0.15, -0.1) is 0 Å². The number of piperidine rings is 1. The molecule has 3 aromatic carbocycles. The summed E-state index contributed by atoms with van der Waals surface area (Å²) in [5, 5.41) is 2.19. The van der Waals surface area contributed by atoms with Gasteiger partial charge in [0.1, 0.15) is 5.75 Å². The summed E-state index contributed by atoms with van der Waals surface area (Å²) in [4.78, 5) is 15.1. The van der Waals surface area contributed by atoms with Crippen molar-refractivity contribution in [2.24, 2.45) is 5.92 Å². The van der Waals surface area contributed by atoms with Crippen molar-refractivity contribution < 1.29 is 17.9 Å². The maximum Gasteiger partial charge on any atom is 0.243 e. The zero-order chi connectivity index (χ0) is 22.7. The molecule has 1 aliphatic rings. The average Bonchev–Trinajstić information content (AvgIpc) is 2.83. The molecule has 1 saturated heterocycles. The Bertz CT molecular complexity index is 1200. The number of amides is 1. The van der Waals surface area contributed by atoms with Crippen molar-refractivity contribution in [1.82, 2.24) is 9.21 Å². The summed E-state index contributed by atoms with van der Waals surface area (Å²) in [7, 11) is -0.0427. The summed E-state index contributed by atoms with van der Waals surface area (Å²) in [5.74, 6) is 0.724. The van der Waals surface area contributed by atoms with E-state index in [0.717, 1.165) is 22.1 Å². The van der Waals surface area contributed by atoms with Crippen molar-refractivity contribution in [1.29, 1.82) is 0 Å². The van der Waals surface area contributed by atoms with E-state index < -0.39 is 10.0 Å². The summed E-state index contributed by atoms with van der Waals surface area (Å²) in [6, 6.07) is 20.6. The summed E-state index contributed by atoms with van der Waals surface area (Å²) in [5.41, 5.74) is 1.06. The third-order valence-electron chi connectivity index (χ3n) is 6.09. The van der Waals surface area contributed by atoms with Gasteiger partial charge < -0.3 is 9.64 Å². The van der Waals surface area contributed by atoms with E-state index in [4.69, 9.17) is 4.74 Å². The fraction of sp³-hybridized carbons (Fsp3) is 0.320. The van der Waals surface area contributed by atoms with Crippen LogP contribution in [0.15, 0.2) is 71.6 Å². The maximum atomic E-state index is 13.0. The van der Waals surface area contributed by atoms with Crippen LogP contribution in [0.3, 0.4) is 0 Å². The van der Waals surface area contributed by atoms with Crippen molar-refractivity contribution >= 4 is 26.7 Å². The lowest BCUT2D eigenvalue weighted by Gasteiger charge is -2.32. The van der Waals surface area contributed by atoms with Gasteiger partial charge in [-0.3, -0.25) is 4.79 Å². The highest BCUT2D eigenvalue weighted by Gasteiger charge is 2.33. The molecule has 0 atom stereocenters. The van der Waals surface area contributed by atoms with Crippen molar-refractivity contribution in [3.63, 3.8) is 0 Å². The molecule has 4 rings (SSSR count). The minimum Gasteiger partial charge on any atom is -0.497 e. The molecule has 0 aliphatic carbocycles. The summed E-state index contributed by atoms with van der Waals surface area (Å²) < 4.78 is 32.4. The van der Waals surface area contributed by atoms with Gasteiger partial charge in [0.25, 0.3) is 0 Å². The van der Waals surface area contributed by atoms with Crippen molar-refractivity contribution in [3.05, 3.63) is 72.3 Å². The van der Waals surface area contributed by atoms with Crippen LogP contribution in [0.25, 0.3) is 10.8 Å². The van der Waals surface area contributed by atoms with E-state index in [-0.39, 0.29) is 11.8 Å². The number of nitrogens with zero attached hydrogens (tertiary/aromatic N) is 2. The number of sulfonamides is 1. The molecule has 168 valence electrons. The van der Waals surface area contributed by atoms with E-state index in [1.165, 1.54) is 4.31 Å². The Kier molecular flexibility index (Phi) is 6.48. The van der Waals surface area contributed by atoms with Crippen LogP contribution in [-0.4, -0.2) is 50.8 Å². The standard InChI is InChI=1S/C25H28N2O4S/c1-26(18-19-8-9-22-17-23(31-2)11-10-21(22)16-19)25(28)20-12-14-27(15-13-20)32(29,30)24-6-4-3-5-7-24/h3-11,16-17,20H,12-15,18H2,1-2H3. The Labute approximate surface area is 189 Å². The molecule has 0 aromatic heterocycles. The molecule has 0 saturated carbocycles. The molecular weight excluding hydrogens is 424 g/mol. The molecule has 0 spiro atoms. The third kappa shape index (κ3) is 4.64. The molecule has 0 radical (unpaired) electrons. The van der Waals surface area contributed by atoms with Crippen molar-refractivity contribution in [3.8, 4) is 5.75 Å². The van der Waals surface area contributed by atoms with Crippen LogP contribution in [0.2, 0.25) is 0 Å². The quantitative estimate of drug-likeness (QED) is 0.569. The number of fused-ring (bicyclic) bond motifs is 1. The van der Waals surface area contributed by atoms with Crippen LogP contribution in [-0.2, 0) is 21.4 Å². The van der Waals surface area contributed by atoms with Gasteiger partial charge in [-0.1, -0.05) is 36.4 Å². The van der Waals surface area contributed by atoms with Crippen molar-refractivity contribution in [2.75, 3.05) is 27.2 Å². The Morgan fingerprint density at radius 1 is 1.00 bits per heavy atom. The van der Waals surface area contributed by atoms with Gasteiger partial charge in [0.2, 0.25) is 15.9 Å². The van der Waals surface area contributed by atoms with Gasteiger partial charge in [0.05, 0.1) is 12.0 Å². The fourth-order valence-electron chi connectivity index (χ4n) is 4.25. The number of ether oxygens (including phenoxy) is 1. The molecular formula is C25H28N2O4S. The van der Waals surface area contributed by atoms with E-state index in [9.17, 15) is 13.2 Å². The topological polar surface area (TPSA) is 66.9 Å². The van der Waals surface area contributed by atoms with Gasteiger partial charge in [-0.2, -0.15) is 4.31 Å². The molecule has 0 bridgehead atoms. The molecule has 1 aliphatic heterocycles. The second-order valence-electron chi connectivity index (χ2n) is 8.23. The van der Waals surface area contributed by atoms with Crippen molar-refractivity contribution in [2.45, 2.75) is 24.3 Å². The normalized spacial score (nSPS) is 15.6. The van der Waals surface area contributed by atoms with Crippen LogP contribution in [0.5, 0.6) is 5.75 Å². The Hall–Kier alpha value is -2.90. The number of carbonyl (C=O) groups is 1. The first-order chi connectivity index (χ1) is 15.4. The van der Waals surface area contributed by atoms with Gasteiger partial charge >= 0.3 is 0 Å². The predicted molar refractivity (Wildman–Crippen MR) is 125 cm³/mol. The second-order valence-corrected chi connectivity index (χ2v) is 10.2. The molecule has 1 amide bonds. The Morgan fingerprint density at radius 2 is 1.66 bits per heavy atom. The van der Waals surface area contributed by atoms with E-state index in [1.807, 2.05) is 37.4 Å². The van der Waals surface area contributed by atoms with Crippen LogP contribution in [0.1, 0.15) is 18.4 Å². The number of hydrogen-bond acceptors (Lipinski definition) is 4. The number of hydrogen-bond donors (Lipinski definition) is 0. The zero-order valence-corrected chi connectivity index (χ0v) is 19.2. The average molecular weight is 453 g/mol. The second kappa shape index (κ2) is 9.30. The molecule has 7 heteroatoms. The molecule has 0 unspecified atom stereocenters. The molecule has 1 fully saturated rings. The first-order valence-corrected chi connectivity index (χ1v) is 12.2. The number of rotatable bonds is 6. The first-order valence-electron chi connectivity index (χ1n) is 10.8. The monoisotopic (exact) mass is 452 g/mol. The number of carbonyl (C=O) groups excluding carboxylic acids is 1. The fourth-order valence-corrected chi connectivity index (χ4v) is 5.74. The van der Waals surface area contributed by atoms with Crippen LogP contribution in [0.4, 0.5) is 0 Å². The summed E-state index contributed by atoms with van der Waals surface area (Å²) in [6.07, 6.45) is 1.07. The summed E-state index contributed by atoms with van der Waals surface area (Å²) >= 11 is 0. The first kappa shape index (κ1) is 22.3. The maximum absolute atomic E-state index is 13.0. The van der Waals surface area contributed by atoms with Gasteiger partial charge in [0, 0.05) is 32.6 Å². The minimum absolute atomic E-state index is 0.0663. The minimum atomic E-state index is -3.51. The highest BCUT2D eigenvalue weighted by Crippen LogP contribution is 2.26. The van der Waals surface area contributed by atoms with Crippen LogP contribution < -0.4 is 4.74 Å².